The van der Waals surface area contributed by atoms with Gasteiger partial charge >= 0.3 is 0 Å². The molecular formula is C17H39N5O2. The van der Waals surface area contributed by atoms with Crippen molar-refractivity contribution in [2.45, 2.75) is 64.0 Å². The smallest absolute Gasteiger partial charge is 0.214 e. The fourth-order valence-corrected chi connectivity index (χ4v) is 2.97. The summed E-state index contributed by atoms with van der Waals surface area (Å²) in [6.07, 6.45) is 4.11. The molecule has 1 fully saturated rings. The normalized spacial score (nSPS) is 23.2. The van der Waals surface area contributed by atoms with E-state index in [9.17, 15) is 5.11 Å². The third-order valence-corrected chi connectivity index (χ3v) is 4.21. The highest BCUT2D eigenvalue weighted by atomic mass is 16.6. The molecule has 7 heteroatoms. The fraction of sp³-hybridized carbons (Fsp3) is 1.00. The van der Waals surface area contributed by atoms with Gasteiger partial charge in [0, 0.05) is 12.6 Å². The van der Waals surface area contributed by atoms with E-state index < -0.39 is 12.0 Å². The van der Waals surface area contributed by atoms with Gasteiger partial charge in [-0.1, -0.05) is 0 Å². The lowest BCUT2D eigenvalue weighted by atomic mass is 9.96. The maximum Gasteiger partial charge on any atom is 0.214 e. The summed E-state index contributed by atoms with van der Waals surface area (Å²) in [6.45, 7) is 10.6. The van der Waals surface area contributed by atoms with Gasteiger partial charge in [0.25, 0.3) is 0 Å². The number of hydrogen-bond donors (Lipinski definition) is 6. The van der Waals surface area contributed by atoms with E-state index >= 15 is 0 Å². The van der Waals surface area contributed by atoms with Crippen LogP contribution in [0.1, 0.15) is 46.0 Å². The Morgan fingerprint density at radius 3 is 2.54 bits per heavy atom. The Kier molecular flexibility index (Phi) is 11.8. The van der Waals surface area contributed by atoms with Gasteiger partial charge in [0.15, 0.2) is 0 Å². The predicted molar refractivity (Wildman–Crippen MR) is 98.8 cm³/mol. The number of hydrogen-bond acceptors (Lipinski definition) is 7. The molecule has 1 rings (SSSR count). The van der Waals surface area contributed by atoms with Crippen molar-refractivity contribution in [3.63, 3.8) is 0 Å². The fourth-order valence-electron chi connectivity index (χ4n) is 2.97. The van der Waals surface area contributed by atoms with Crippen molar-refractivity contribution in [1.82, 2.24) is 21.3 Å². The second-order valence-corrected chi connectivity index (χ2v) is 7.18. The summed E-state index contributed by atoms with van der Waals surface area (Å²) >= 11 is 0. The zero-order valence-corrected chi connectivity index (χ0v) is 15.6. The lowest BCUT2D eigenvalue weighted by Gasteiger charge is -2.33. The van der Waals surface area contributed by atoms with Crippen LogP contribution < -0.4 is 27.0 Å². The van der Waals surface area contributed by atoms with Crippen molar-refractivity contribution >= 4 is 0 Å². The van der Waals surface area contributed by atoms with Gasteiger partial charge in [-0.2, -0.15) is 0 Å². The minimum absolute atomic E-state index is 0.378. The minimum atomic E-state index is -0.944. The van der Waals surface area contributed by atoms with Crippen LogP contribution in [0.2, 0.25) is 0 Å². The van der Waals surface area contributed by atoms with Crippen molar-refractivity contribution < 1.29 is 9.84 Å². The summed E-state index contributed by atoms with van der Waals surface area (Å²) in [7, 11) is 0. The molecule has 0 aromatic rings. The van der Waals surface area contributed by atoms with E-state index in [4.69, 9.17) is 10.5 Å². The molecule has 0 saturated carbocycles. The molecule has 1 aliphatic rings. The van der Waals surface area contributed by atoms with Crippen molar-refractivity contribution in [2.75, 3.05) is 45.8 Å². The van der Waals surface area contributed by atoms with E-state index in [2.05, 4.69) is 21.3 Å². The molecule has 24 heavy (non-hydrogen) atoms. The van der Waals surface area contributed by atoms with E-state index in [1.54, 1.807) is 0 Å². The second kappa shape index (κ2) is 13.0. The lowest BCUT2D eigenvalue weighted by molar-refractivity contribution is -0.191. The molecule has 1 heterocycles. The minimum Gasteiger partial charge on any atom is -0.356 e. The summed E-state index contributed by atoms with van der Waals surface area (Å²) in [4.78, 5) is 0. The molecule has 0 bridgehead atoms. The van der Waals surface area contributed by atoms with Crippen LogP contribution in [0.5, 0.6) is 0 Å². The summed E-state index contributed by atoms with van der Waals surface area (Å²) in [5.41, 5.74) is 5.06. The van der Waals surface area contributed by atoms with Gasteiger partial charge in [-0.15, -0.1) is 0 Å². The Bertz CT molecular complexity index is 293. The zero-order chi connectivity index (χ0) is 17.7. The Labute approximate surface area is 147 Å². The van der Waals surface area contributed by atoms with Crippen LogP contribution in [0.15, 0.2) is 0 Å². The first kappa shape index (κ1) is 21.8. The number of ether oxygens (including phenoxy) is 1. The van der Waals surface area contributed by atoms with Crippen LogP contribution in [-0.4, -0.2) is 69.0 Å². The maximum atomic E-state index is 9.98. The molecule has 0 radical (unpaired) electrons. The molecule has 1 saturated heterocycles. The molecule has 0 spiro atoms. The molecule has 0 aliphatic carbocycles. The van der Waals surface area contributed by atoms with Gasteiger partial charge in [-0.3, -0.25) is 5.32 Å². The van der Waals surface area contributed by atoms with Crippen LogP contribution in [0.25, 0.3) is 0 Å². The molecule has 0 aromatic heterocycles. The topological polar surface area (TPSA) is 104 Å². The zero-order valence-electron chi connectivity index (χ0n) is 15.6. The Balaban J connectivity index is 2.38. The van der Waals surface area contributed by atoms with Gasteiger partial charge in [0.1, 0.15) is 0 Å². The lowest BCUT2D eigenvalue weighted by Crippen LogP contribution is -2.45. The number of aliphatic hydroxyl groups is 1. The van der Waals surface area contributed by atoms with E-state index in [0.29, 0.717) is 19.1 Å². The molecule has 0 aromatic carbocycles. The third kappa shape index (κ3) is 11.3. The van der Waals surface area contributed by atoms with Crippen LogP contribution in [0.4, 0.5) is 0 Å². The van der Waals surface area contributed by atoms with Crippen LogP contribution in [-0.2, 0) is 4.74 Å². The summed E-state index contributed by atoms with van der Waals surface area (Å²) in [5, 5.41) is 23.5. The molecule has 0 amide bonds. The van der Waals surface area contributed by atoms with E-state index in [0.717, 1.165) is 58.4 Å². The SMILES string of the molecule is CC(C)(CC1CCNCCCNCCCN1)OC(O)NCCCN. The molecule has 2 atom stereocenters. The molecule has 7 nitrogen and oxygen atoms in total. The van der Waals surface area contributed by atoms with Gasteiger partial charge in [0.2, 0.25) is 6.41 Å². The van der Waals surface area contributed by atoms with Gasteiger partial charge in [-0.05, 0) is 85.2 Å². The third-order valence-electron chi connectivity index (χ3n) is 4.21. The highest BCUT2D eigenvalue weighted by Gasteiger charge is 2.26. The van der Waals surface area contributed by atoms with E-state index in [-0.39, 0.29) is 0 Å². The maximum absolute atomic E-state index is 9.98. The Morgan fingerprint density at radius 2 is 1.83 bits per heavy atom. The molecule has 2 unspecified atom stereocenters. The number of nitrogens with one attached hydrogen (secondary N) is 4. The first-order chi connectivity index (χ1) is 11.5. The largest absolute Gasteiger partial charge is 0.356 e. The van der Waals surface area contributed by atoms with Crippen LogP contribution in [0, 0.1) is 0 Å². The predicted octanol–water partition coefficient (Wildman–Crippen LogP) is -0.293. The van der Waals surface area contributed by atoms with Crippen molar-refractivity contribution in [3.05, 3.63) is 0 Å². The first-order valence-electron chi connectivity index (χ1n) is 9.47. The number of nitrogens with two attached hydrogens (primary N) is 1. The Hall–Kier alpha value is -0.280. The Morgan fingerprint density at radius 1 is 1.17 bits per heavy atom. The van der Waals surface area contributed by atoms with Gasteiger partial charge in [0.05, 0.1) is 5.60 Å². The first-order valence-corrected chi connectivity index (χ1v) is 9.47. The van der Waals surface area contributed by atoms with Crippen molar-refractivity contribution in [1.29, 1.82) is 0 Å². The number of aliphatic hydroxyl groups excluding tert-OH is 1. The van der Waals surface area contributed by atoms with Crippen LogP contribution >= 0.6 is 0 Å². The van der Waals surface area contributed by atoms with Crippen molar-refractivity contribution in [2.24, 2.45) is 5.73 Å². The second-order valence-electron chi connectivity index (χ2n) is 7.18. The highest BCUT2D eigenvalue weighted by Crippen LogP contribution is 2.19. The quantitative estimate of drug-likeness (QED) is 0.265. The molecule has 144 valence electrons. The van der Waals surface area contributed by atoms with E-state index in [1.807, 2.05) is 13.8 Å². The molecular weight excluding hydrogens is 306 g/mol. The molecule has 7 N–H and O–H groups in total. The standard InChI is InChI=1S/C17H39N5O2/c1-17(2,24-16(23)22-11-3-7-18)14-15-6-13-20-9-4-8-19-10-5-12-21-15/h15-16,19-23H,3-14,18H2,1-2H3. The summed E-state index contributed by atoms with van der Waals surface area (Å²) in [6, 6.07) is 0.378. The average Bonchev–Trinajstić information content (AvgIpc) is 2.49. The van der Waals surface area contributed by atoms with Gasteiger partial charge in [-0.25, -0.2) is 0 Å². The van der Waals surface area contributed by atoms with E-state index in [1.165, 1.54) is 6.42 Å². The van der Waals surface area contributed by atoms with Crippen LogP contribution in [0.3, 0.4) is 0 Å². The summed E-state index contributed by atoms with van der Waals surface area (Å²) < 4.78 is 5.79. The summed E-state index contributed by atoms with van der Waals surface area (Å²) in [5.74, 6) is 0. The average molecular weight is 346 g/mol. The number of rotatable bonds is 8. The van der Waals surface area contributed by atoms with Crippen molar-refractivity contribution in [3.8, 4) is 0 Å². The van der Waals surface area contributed by atoms with Gasteiger partial charge < -0.3 is 31.5 Å². The highest BCUT2D eigenvalue weighted by molar-refractivity contribution is 4.80. The monoisotopic (exact) mass is 345 g/mol. The molecule has 1 aliphatic heterocycles.